The monoisotopic (exact) mass is 359 g/mol. The highest BCUT2D eigenvalue weighted by atomic mass is 32.2. The molecule has 128 valence electrons. The molecule has 1 aliphatic heterocycles. The van der Waals surface area contributed by atoms with E-state index in [2.05, 4.69) is 0 Å². The van der Waals surface area contributed by atoms with Crippen molar-refractivity contribution in [3.63, 3.8) is 0 Å². The van der Waals surface area contributed by atoms with Gasteiger partial charge in [0, 0.05) is 19.2 Å². The van der Waals surface area contributed by atoms with Crippen molar-refractivity contribution >= 4 is 16.0 Å². The normalized spacial score (nSPS) is 23.2. The Labute approximate surface area is 127 Å². The van der Waals surface area contributed by atoms with Gasteiger partial charge in [0.05, 0.1) is 16.7 Å². The van der Waals surface area contributed by atoms with Crippen LogP contribution in [0.1, 0.15) is 0 Å². The number of alkyl halides is 3. The van der Waals surface area contributed by atoms with Crippen molar-refractivity contribution in [1.29, 1.82) is 0 Å². The molecular weight excluding hydrogens is 349 g/mol. The van der Waals surface area contributed by atoms with Crippen molar-refractivity contribution in [3.05, 3.63) is 29.8 Å². The second-order valence-electron chi connectivity index (χ2n) is 5.02. The van der Waals surface area contributed by atoms with E-state index in [-0.39, 0.29) is 4.31 Å². The summed E-state index contributed by atoms with van der Waals surface area (Å²) in [4.78, 5) is 10.1. The number of nitrogens with zero attached hydrogens (tertiary/aromatic N) is 1. The van der Waals surface area contributed by atoms with E-state index in [1.165, 1.54) is 0 Å². The third-order valence-corrected chi connectivity index (χ3v) is 5.31. The fourth-order valence-corrected chi connectivity index (χ4v) is 3.91. The lowest BCUT2D eigenvalue weighted by molar-refractivity contribution is -0.187. The molecule has 2 rings (SSSR count). The first-order chi connectivity index (χ1) is 10.4. The number of carbonyl (C=O) groups is 1. The molecule has 1 aromatic rings. The van der Waals surface area contributed by atoms with Gasteiger partial charge in [0.2, 0.25) is 10.0 Å². The van der Waals surface area contributed by atoms with Crippen LogP contribution in [0, 0.1) is 23.5 Å². The van der Waals surface area contributed by atoms with Crippen LogP contribution in [-0.4, -0.2) is 43.1 Å². The number of aliphatic carboxylic acids is 1. The Hall–Kier alpha value is -1.75. The molecule has 11 heteroatoms. The predicted octanol–water partition coefficient (Wildman–Crippen LogP) is 1.85. The van der Waals surface area contributed by atoms with E-state index < -0.39 is 63.6 Å². The summed E-state index contributed by atoms with van der Waals surface area (Å²) in [5, 5.41) is 8.85. The summed E-state index contributed by atoms with van der Waals surface area (Å²) in [5.74, 6) is -8.61. The molecule has 1 aliphatic rings. The van der Waals surface area contributed by atoms with Crippen LogP contribution in [0.5, 0.6) is 0 Å². The van der Waals surface area contributed by atoms with Crippen LogP contribution in [-0.2, 0) is 14.8 Å². The molecule has 0 aliphatic carbocycles. The molecule has 1 saturated heterocycles. The number of carboxylic acid groups (broad SMARTS) is 1. The minimum absolute atomic E-state index is 0.276. The summed E-state index contributed by atoms with van der Waals surface area (Å²) < 4.78 is 89.5. The summed E-state index contributed by atoms with van der Waals surface area (Å²) in [7, 11) is -4.65. The van der Waals surface area contributed by atoms with E-state index >= 15 is 0 Å². The molecule has 1 heterocycles. The smallest absolute Gasteiger partial charge is 0.393 e. The lowest BCUT2D eigenvalue weighted by Crippen LogP contribution is -2.34. The minimum atomic E-state index is -4.92. The predicted molar refractivity (Wildman–Crippen MR) is 65.8 cm³/mol. The van der Waals surface area contributed by atoms with E-state index in [0.717, 1.165) is 0 Å². The summed E-state index contributed by atoms with van der Waals surface area (Å²) in [6.45, 7) is -2.05. The van der Waals surface area contributed by atoms with Gasteiger partial charge in [0.1, 0.15) is 11.6 Å². The molecule has 0 spiro atoms. The first-order valence-electron chi connectivity index (χ1n) is 6.18. The van der Waals surface area contributed by atoms with E-state index in [9.17, 15) is 35.2 Å². The molecular formula is C12H10F5NO4S. The Bertz CT molecular complexity index is 713. The Morgan fingerprint density at radius 3 is 2.04 bits per heavy atom. The van der Waals surface area contributed by atoms with Crippen molar-refractivity contribution in [2.45, 2.75) is 11.1 Å². The second kappa shape index (κ2) is 5.71. The third kappa shape index (κ3) is 3.44. The summed E-state index contributed by atoms with van der Waals surface area (Å²) >= 11 is 0. The van der Waals surface area contributed by atoms with Gasteiger partial charge in [-0.25, -0.2) is 17.2 Å². The summed E-state index contributed by atoms with van der Waals surface area (Å²) in [6, 6.07) is 1.31. The van der Waals surface area contributed by atoms with Crippen LogP contribution < -0.4 is 0 Å². The van der Waals surface area contributed by atoms with Crippen molar-refractivity contribution in [1.82, 2.24) is 4.31 Å². The van der Waals surface area contributed by atoms with Crippen molar-refractivity contribution in [3.8, 4) is 0 Å². The van der Waals surface area contributed by atoms with Crippen LogP contribution in [0.3, 0.4) is 0 Å². The SMILES string of the molecule is O=C(O)[C@@H]1CN(S(=O)(=O)c2cc(F)cc(F)c2)C[C@H]1C(F)(F)F. The fraction of sp³-hybridized carbons (Fsp3) is 0.417. The average Bonchev–Trinajstić information content (AvgIpc) is 2.83. The van der Waals surface area contributed by atoms with Gasteiger partial charge in [-0.3, -0.25) is 4.79 Å². The number of sulfonamides is 1. The molecule has 1 N–H and O–H groups in total. The largest absolute Gasteiger partial charge is 0.481 e. The lowest BCUT2D eigenvalue weighted by atomic mass is 9.96. The zero-order chi connectivity index (χ0) is 17.6. The van der Waals surface area contributed by atoms with E-state index in [4.69, 9.17) is 5.11 Å². The number of hydrogen-bond donors (Lipinski definition) is 1. The van der Waals surface area contributed by atoms with Crippen LogP contribution in [0.25, 0.3) is 0 Å². The molecule has 1 fully saturated rings. The Balaban J connectivity index is 2.40. The maximum Gasteiger partial charge on any atom is 0.393 e. The standard InChI is InChI=1S/C12H10F5NO4S/c13-6-1-7(14)3-8(2-6)23(21,22)18-4-9(11(19)20)10(5-18)12(15,16)17/h1-3,9-10H,4-5H2,(H,19,20)/t9-,10-/m1/s1. The Morgan fingerprint density at radius 2 is 1.65 bits per heavy atom. The highest BCUT2D eigenvalue weighted by Gasteiger charge is 2.55. The molecule has 0 amide bonds. The molecule has 0 aromatic heterocycles. The van der Waals surface area contributed by atoms with Crippen LogP contribution in [0.15, 0.2) is 23.1 Å². The van der Waals surface area contributed by atoms with Gasteiger partial charge in [0.15, 0.2) is 0 Å². The molecule has 2 atom stereocenters. The van der Waals surface area contributed by atoms with Crippen LogP contribution >= 0.6 is 0 Å². The van der Waals surface area contributed by atoms with Gasteiger partial charge >= 0.3 is 12.1 Å². The Morgan fingerprint density at radius 1 is 1.13 bits per heavy atom. The average molecular weight is 359 g/mol. The van der Waals surface area contributed by atoms with Gasteiger partial charge < -0.3 is 5.11 Å². The van der Waals surface area contributed by atoms with Crippen molar-refractivity contribution in [2.75, 3.05) is 13.1 Å². The van der Waals surface area contributed by atoms with Gasteiger partial charge in [0.25, 0.3) is 0 Å². The molecule has 23 heavy (non-hydrogen) atoms. The minimum Gasteiger partial charge on any atom is -0.481 e. The van der Waals surface area contributed by atoms with Gasteiger partial charge in [-0.2, -0.15) is 17.5 Å². The number of halogens is 5. The zero-order valence-electron chi connectivity index (χ0n) is 11.2. The molecule has 1 aromatic carbocycles. The molecule has 0 bridgehead atoms. The van der Waals surface area contributed by atoms with Gasteiger partial charge in [-0.1, -0.05) is 0 Å². The first-order valence-corrected chi connectivity index (χ1v) is 7.62. The van der Waals surface area contributed by atoms with E-state index in [1.807, 2.05) is 0 Å². The second-order valence-corrected chi connectivity index (χ2v) is 6.96. The highest BCUT2D eigenvalue weighted by Crippen LogP contribution is 2.39. The summed E-state index contributed by atoms with van der Waals surface area (Å²) in [6.07, 6.45) is -4.92. The maximum atomic E-state index is 13.1. The Kier molecular flexibility index (Phi) is 4.37. The quantitative estimate of drug-likeness (QED) is 0.836. The number of benzene rings is 1. The van der Waals surface area contributed by atoms with Crippen LogP contribution in [0.2, 0.25) is 0 Å². The topological polar surface area (TPSA) is 74.7 Å². The first kappa shape index (κ1) is 17.6. The zero-order valence-corrected chi connectivity index (χ0v) is 12.0. The lowest BCUT2D eigenvalue weighted by Gasteiger charge is -2.18. The summed E-state index contributed by atoms with van der Waals surface area (Å²) in [5.41, 5.74) is 0. The highest BCUT2D eigenvalue weighted by molar-refractivity contribution is 7.89. The molecule has 5 nitrogen and oxygen atoms in total. The van der Waals surface area contributed by atoms with Crippen molar-refractivity contribution in [2.24, 2.45) is 11.8 Å². The third-order valence-electron chi connectivity index (χ3n) is 3.50. The molecule has 0 saturated carbocycles. The van der Waals surface area contributed by atoms with E-state index in [0.29, 0.717) is 18.2 Å². The maximum absolute atomic E-state index is 13.1. The van der Waals surface area contributed by atoms with Gasteiger partial charge in [-0.05, 0) is 12.1 Å². The fourth-order valence-electron chi connectivity index (χ4n) is 2.37. The number of hydrogen-bond acceptors (Lipinski definition) is 3. The van der Waals surface area contributed by atoms with Crippen LogP contribution in [0.4, 0.5) is 22.0 Å². The number of rotatable bonds is 3. The molecule has 0 unspecified atom stereocenters. The van der Waals surface area contributed by atoms with Gasteiger partial charge in [-0.15, -0.1) is 0 Å². The van der Waals surface area contributed by atoms with E-state index in [1.54, 1.807) is 0 Å². The number of carboxylic acids is 1. The molecule has 0 radical (unpaired) electrons. The van der Waals surface area contributed by atoms with Crippen molar-refractivity contribution < 1.29 is 40.3 Å².